The minimum atomic E-state index is -0.388. The number of amides is 2. The molecule has 3 rings (SSSR count). The highest BCUT2D eigenvalue weighted by molar-refractivity contribution is 8.00. The molecule has 0 saturated carbocycles. The lowest BCUT2D eigenvalue weighted by atomic mass is 10.1. The van der Waals surface area contributed by atoms with Gasteiger partial charge in [0.1, 0.15) is 0 Å². The van der Waals surface area contributed by atoms with Crippen molar-refractivity contribution in [3.8, 4) is 11.5 Å². The molecule has 1 saturated heterocycles. The molecule has 0 unspecified atom stereocenters. The quantitative estimate of drug-likeness (QED) is 0.573. The third kappa shape index (κ3) is 6.15. The molecule has 7 nitrogen and oxygen atoms in total. The number of carbonyl (C=O) groups excluding carboxylic acids is 2. The van der Waals surface area contributed by atoms with E-state index in [4.69, 9.17) is 14.2 Å². The van der Waals surface area contributed by atoms with Crippen molar-refractivity contribution in [1.82, 2.24) is 5.32 Å². The second-order valence-corrected chi connectivity index (χ2v) is 8.57. The molecule has 1 fully saturated rings. The zero-order chi connectivity index (χ0) is 22.2. The summed E-state index contributed by atoms with van der Waals surface area (Å²) in [5.41, 5.74) is 0.911. The van der Waals surface area contributed by atoms with Gasteiger partial charge < -0.3 is 24.8 Å². The van der Waals surface area contributed by atoms with Gasteiger partial charge in [0, 0.05) is 18.0 Å². The van der Waals surface area contributed by atoms with E-state index < -0.39 is 0 Å². The summed E-state index contributed by atoms with van der Waals surface area (Å²) in [5, 5.41) is 5.40. The van der Waals surface area contributed by atoms with Crippen LogP contribution in [0.25, 0.3) is 0 Å². The minimum absolute atomic E-state index is 0.0589. The molecule has 0 aromatic heterocycles. The number of ether oxygens (including phenoxy) is 3. The summed E-state index contributed by atoms with van der Waals surface area (Å²) >= 11 is 1.40. The Hall–Kier alpha value is -2.71. The first-order valence-corrected chi connectivity index (χ1v) is 11.1. The number of anilines is 1. The number of hydrogen-bond acceptors (Lipinski definition) is 6. The van der Waals surface area contributed by atoms with E-state index in [1.807, 2.05) is 19.1 Å². The van der Waals surface area contributed by atoms with Crippen molar-refractivity contribution in [2.24, 2.45) is 0 Å². The van der Waals surface area contributed by atoms with E-state index in [9.17, 15) is 9.59 Å². The molecule has 2 aromatic rings. The van der Waals surface area contributed by atoms with Gasteiger partial charge in [-0.2, -0.15) is 0 Å². The summed E-state index contributed by atoms with van der Waals surface area (Å²) in [6.45, 7) is 3.02. The largest absolute Gasteiger partial charge is 0.493 e. The zero-order valence-corrected chi connectivity index (χ0v) is 18.8. The highest BCUT2D eigenvalue weighted by Gasteiger charge is 2.20. The molecule has 2 aromatic carbocycles. The fourth-order valence-electron chi connectivity index (χ4n) is 3.28. The standard InChI is InChI=1S/C23H28N2O5S/c1-15(31-17-10-11-20(28-2)21(13-17)29-3)22(26)25-19-9-5-4-8-18(19)23(27)24-14-16-7-6-12-30-16/h4-5,8-11,13,15-16H,6-7,12,14H2,1-3H3,(H,24,27)(H,25,26)/t15-,16-/m0/s1. The van der Waals surface area contributed by atoms with Gasteiger partial charge in [0.25, 0.3) is 5.91 Å². The summed E-state index contributed by atoms with van der Waals surface area (Å²) in [6.07, 6.45) is 2.02. The highest BCUT2D eigenvalue weighted by Crippen LogP contribution is 2.33. The minimum Gasteiger partial charge on any atom is -0.493 e. The maximum atomic E-state index is 12.8. The van der Waals surface area contributed by atoms with Crippen molar-refractivity contribution >= 4 is 29.3 Å². The van der Waals surface area contributed by atoms with Crippen LogP contribution in [0.2, 0.25) is 0 Å². The molecule has 1 heterocycles. The molecule has 0 spiro atoms. The van der Waals surface area contributed by atoms with Gasteiger partial charge in [0.2, 0.25) is 5.91 Å². The van der Waals surface area contributed by atoms with Gasteiger partial charge in [-0.1, -0.05) is 12.1 Å². The molecule has 166 valence electrons. The average Bonchev–Trinajstić information content (AvgIpc) is 3.31. The van der Waals surface area contributed by atoms with Gasteiger partial charge in [-0.3, -0.25) is 9.59 Å². The summed E-state index contributed by atoms with van der Waals surface area (Å²) in [6, 6.07) is 12.5. The molecule has 2 N–H and O–H groups in total. The van der Waals surface area contributed by atoms with E-state index >= 15 is 0 Å². The van der Waals surface area contributed by atoms with Crippen molar-refractivity contribution < 1.29 is 23.8 Å². The Balaban J connectivity index is 1.62. The third-order valence-corrected chi connectivity index (χ3v) is 6.07. The highest BCUT2D eigenvalue weighted by atomic mass is 32.2. The third-order valence-electron chi connectivity index (χ3n) is 4.98. The molecule has 2 atom stereocenters. The van der Waals surface area contributed by atoms with Crippen LogP contribution in [-0.2, 0) is 9.53 Å². The lowest BCUT2D eigenvalue weighted by Gasteiger charge is -2.16. The van der Waals surface area contributed by atoms with Crippen LogP contribution in [0.5, 0.6) is 11.5 Å². The van der Waals surface area contributed by atoms with E-state index in [2.05, 4.69) is 10.6 Å². The molecule has 0 aliphatic carbocycles. The number of hydrogen-bond donors (Lipinski definition) is 2. The summed E-state index contributed by atoms with van der Waals surface area (Å²) in [7, 11) is 3.15. The molecule has 1 aliphatic rings. The molecule has 0 bridgehead atoms. The molecular weight excluding hydrogens is 416 g/mol. The topological polar surface area (TPSA) is 85.9 Å². The van der Waals surface area contributed by atoms with E-state index in [-0.39, 0.29) is 23.2 Å². The summed E-state index contributed by atoms with van der Waals surface area (Å²) in [5.74, 6) is 0.811. The van der Waals surface area contributed by atoms with Gasteiger partial charge >= 0.3 is 0 Å². The van der Waals surface area contributed by atoms with Crippen molar-refractivity contribution in [2.75, 3.05) is 32.7 Å². The van der Waals surface area contributed by atoms with Crippen molar-refractivity contribution in [2.45, 2.75) is 36.0 Å². The number of carbonyl (C=O) groups is 2. The van der Waals surface area contributed by atoms with Gasteiger partial charge in [-0.25, -0.2) is 0 Å². The molecule has 8 heteroatoms. The van der Waals surface area contributed by atoms with Crippen molar-refractivity contribution in [3.63, 3.8) is 0 Å². The Bertz CT molecular complexity index is 915. The number of benzene rings is 2. The van der Waals surface area contributed by atoms with E-state index in [0.29, 0.717) is 29.3 Å². The summed E-state index contributed by atoms with van der Waals surface area (Å²) in [4.78, 5) is 26.3. The smallest absolute Gasteiger partial charge is 0.253 e. The monoisotopic (exact) mass is 444 g/mol. The van der Waals surface area contributed by atoms with Crippen LogP contribution in [0.4, 0.5) is 5.69 Å². The van der Waals surface area contributed by atoms with Crippen LogP contribution >= 0.6 is 11.8 Å². The fourth-order valence-corrected chi connectivity index (χ4v) is 4.17. The first-order valence-electron chi connectivity index (χ1n) is 10.2. The maximum Gasteiger partial charge on any atom is 0.253 e. The predicted molar refractivity (Wildman–Crippen MR) is 121 cm³/mol. The second kappa shape index (κ2) is 11.1. The van der Waals surface area contributed by atoms with Crippen LogP contribution in [0.3, 0.4) is 0 Å². The van der Waals surface area contributed by atoms with E-state index in [1.54, 1.807) is 44.6 Å². The predicted octanol–water partition coefficient (Wildman–Crippen LogP) is 3.73. The molecule has 31 heavy (non-hydrogen) atoms. The number of methoxy groups -OCH3 is 2. The number of thioether (sulfide) groups is 1. The van der Waals surface area contributed by atoms with Crippen molar-refractivity contribution in [1.29, 1.82) is 0 Å². The second-order valence-electron chi connectivity index (χ2n) is 7.16. The Kier molecular flexibility index (Phi) is 8.20. The summed E-state index contributed by atoms with van der Waals surface area (Å²) < 4.78 is 16.1. The molecule has 1 aliphatic heterocycles. The lowest BCUT2D eigenvalue weighted by Crippen LogP contribution is -2.32. The Morgan fingerprint density at radius 3 is 2.65 bits per heavy atom. The van der Waals surface area contributed by atoms with E-state index in [1.165, 1.54) is 11.8 Å². The molecule has 0 radical (unpaired) electrons. The molecule has 2 amide bonds. The van der Waals surface area contributed by atoms with Crippen LogP contribution in [-0.4, -0.2) is 50.5 Å². The Morgan fingerprint density at radius 1 is 1.16 bits per heavy atom. The maximum absolute atomic E-state index is 12.8. The first kappa shape index (κ1) is 23.0. The van der Waals surface area contributed by atoms with Gasteiger partial charge in [0.05, 0.1) is 36.8 Å². The van der Waals surface area contributed by atoms with Gasteiger partial charge in [-0.15, -0.1) is 11.8 Å². The van der Waals surface area contributed by atoms with Crippen LogP contribution in [0.15, 0.2) is 47.4 Å². The van der Waals surface area contributed by atoms with Crippen LogP contribution < -0.4 is 20.1 Å². The number of rotatable bonds is 9. The van der Waals surface area contributed by atoms with Gasteiger partial charge in [0.15, 0.2) is 11.5 Å². The zero-order valence-electron chi connectivity index (χ0n) is 18.0. The van der Waals surface area contributed by atoms with E-state index in [0.717, 1.165) is 24.3 Å². The Labute approximate surface area is 186 Å². The molecular formula is C23H28N2O5S. The number of nitrogens with one attached hydrogen (secondary N) is 2. The normalized spacial score (nSPS) is 16.4. The van der Waals surface area contributed by atoms with Crippen LogP contribution in [0, 0.1) is 0 Å². The SMILES string of the molecule is COc1ccc(S[C@@H](C)C(=O)Nc2ccccc2C(=O)NC[C@@H]2CCCO2)cc1OC. The number of para-hydroxylation sites is 1. The van der Waals surface area contributed by atoms with Gasteiger partial charge in [-0.05, 0) is 50.1 Å². The lowest BCUT2D eigenvalue weighted by molar-refractivity contribution is -0.115. The fraction of sp³-hybridized carbons (Fsp3) is 0.391. The van der Waals surface area contributed by atoms with Crippen molar-refractivity contribution in [3.05, 3.63) is 48.0 Å². The Morgan fingerprint density at radius 2 is 1.94 bits per heavy atom. The van der Waals surface area contributed by atoms with Crippen LogP contribution in [0.1, 0.15) is 30.1 Å². The first-order chi connectivity index (χ1) is 15.0. The average molecular weight is 445 g/mol.